The molecule has 0 amide bonds. The molecule has 98 valence electrons. The Morgan fingerprint density at radius 1 is 1.17 bits per heavy atom. The van der Waals surface area contributed by atoms with Gasteiger partial charge in [0, 0.05) is 5.02 Å². The normalized spacial score (nSPS) is 34.8. The molecule has 1 aromatic rings. The second kappa shape index (κ2) is 5.15. The van der Waals surface area contributed by atoms with Crippen LogP contribution in [0.5, 0.6) is 0 Å². The van der Waals surface area contributed by atoms with Crippen LogP contribution in [0.1, 0.15) is 5.56 Å². The van der Waals surface area contributed by atoms with Gasteiger partial charge in [0.25, 0.3) is 0 Å². The fraction of sp³-hybridized carbons (Fsp3) is 0.538. The highest BCUT2D eigenvalue weighted by Gasteiger charge is 2.47. The third-order valence-corrected chi connectivity index (χ3v) is 3.61. The number of benzene rings is 1. The Morgan fingerprint density at radius 3 is 2.67 bits per heavy atom. The van der Waals surface area contributed by atoms with Crippen LogP contribution in [0.4, 0.5) is 0 Å². The Bertz CT molecular complexity index is 408. The van der Waals surface area contributed by atoms with Gasteiger partial charge in [-0.05, 0) is 17.7 Å². The van der Waals surface area contributed by atoms with E-state index in [-0.39, 0.29) is 18.3 Å². The van der Waals surface area contributed by atoms with Gasteiger partial charge in [-0.2, -0.15) is 0 Å². The number of rotatable bonds is 3. The molecule has 2 heterocycles. The van der Waals surface area contributed by atoms with Gasteiger partial charge in [0.1, 0.15) is 24.4 Å². The van der Waals surface area contributed by atoms with E-state index in [0.29, 0.717) is 24.8 Å². The molecule has 0 aliphatic carbocycles. The van der Waals surface area contributed by atoms with Gasteiger partial charge in [-0.3, -0.25) is 0 Å². The second-order valence-corrected chi connectivity index (χ2v) is 5.08. The van der Waals surface area contributed by atoms with Crippen molar-refractivity contribution < 1.29 is 19.3 Å². The first-order chi connectivity index (χ1) is 8.74. The van der Waals surface area contributed by atoms with Crippen molar-refractivity contribution in [1.82, 2.24) is 0 Å². The Balaban J connectivity index is 1.56. The third kappa shape index (κ3) is 2.39. The molecule has 4 atom stereocenters. The number of halogens is 1. The molecule has 4 nitrogen and oxygen atoms in total. The van der Waals surface area contributed by atoms with Crippen molar-refractivity contribution in [2.24, 2.45) is 0 Å². The minimum absolute atomic E-state index is 0.108. The molecular formula is C13H15ClO4. The number of ether oxygens (including phenoxy) is 3. The number of aliphatic hydroxyl groups is 1. The molecular weight excluding hydrogens is 256 g/mol. The summed E-state index contributed by atoms with van der Waals surface area (Å²) < 4.78 is 16.8. The van der Waals surface area contributed by atoms with E-state index in [9.17, 15) is 5.11 Å². The Labute approximate surface area is 110 Å². The van der Waals surface area contributed by atoms with Gasteiger partial charge in [-0.25, -0.2) is 0 Å². The lowest BCUT2D eigenvalue weighted by Crippen LogP contribution is -2.32. The molecule has 0 radical (unpaired) electrons. The second-order valence-electron chi connectivity index (χ2n) is 4.64. The van der Waals surface area contributed by atoms with Crippen LogP contribution < -0.4 is 0 Å². The molecule has 5 heteroatoms. The summed E-state index contributed by atoms with van der Waals surface area (Å²) in [5.41, 5.74) is 1.06. The smallest absolute Gasteiger partial charge is 0.115 e. The lowest BCUT2D eigenvalue weighted by molar-refractivity contribution is -0.0439. The first-order valence-corrected chi connectivity index (χ1v) is 6.39. The molecule has 0 saturated carbocycles. The average molecular weight is 271 g/mol. The monoisotopic (exact) mass is 270 g/mol. The van der Waals surface area contributed by atoms with E-state index >= 15 is 0 Å². The molecule has 3 rings (SSSR count). The molecule has 0 bridgehead atoms. The fourth-order valence-electron chi connectivity index (χ4n) is 2.37. The Kier molecular flexibility index (Phi) is 3.54. The molecule has 2 saturated heterocycles. The minimum Gasteiger partial charge on any atom is -0.388 e. The molecule has 2 aliphatic rings. The molecule has 0 unspecified atom stereocenters. The molecule has 0 spiro atoms. The number of hydrogen-bond acceptors (Lipinski definition) is 4. The maximum atomic E-state index is 9.61. The van der Waals surface area contributed by atoms with Gasteiger partial charge < -0.3 is 19.3 Å². The predicted molar refractivity (Wildman–Crippen MR) is 65.5 cm³/mol. The van der Waals surface area contributed by atoms with Crippen LogP contribution in [0, 0.1) is 0 Å². The van der Waals surface area contributed by atoms with Crippen LogP contribution in [-0.2, 0) is 20.8 Å². The van der Waals surface area contributed by atoms with Gasteiger partial charge in [-0.15, -0.1) is 0 Å². The van der Waals surface area contributed by atoms with Crippen LogP contribution in [0.2, 0.25) is 5.02 Å². The van der Waals surface area contributed by atoms with E-state index in [1.165, 1.54) is 0 Å². The summed E-state index contributed by atoms with van der Waals surface area (Å²) in [5.74, 6) is 0. The lowest BCUT2D eigenvalue weighted by Gasteiger charge is -2.16. The van der Waals surface area contributed by atoms with Crippen molar-refractivity contribution in [1.29, 1.82) is 0 Å². The standard InChI is InChI=1S/C13H15ClO4/c14-9-3-1-8(2-4-9)5-16-11-7-18-12-10(15)6-17-13(11)12/h1-4,10-13,15H,5-7H2/t10-,11+,12-,13-/m1/s1. The van der Waals surface area contributed by atoms with E-state index in [4.69, 9.17) is 25.8 Å². The summed E-state index contributed by atoms with van der Waals surface area (Å²) >= 11 is 5.82. The van der Waals surface area contributed by atoms with E-state index < -0.39 is 6.10 Å². The molecule has 2 aliphatic heterocycles. The number of aliphatic hydroxyl groups excluding tert-OH is 1. The number of fused-ring (bicyclic) bond motifs is 1. The van der Waals surface area contributed by atoms with Crippen LogP contribution in [0.3, 0.4) is 0 Å². The van der Waals surface area contributed by atoms with E-state index in [2.05, 4.69) is 0 Å². The van der Waals surface area contributed by atoms with Crippen molar-refractivity contribution in [3.05, 3.63) is 34.9 Å². The quantitative estimate of drug-likeness (QED) is 0.902. The SMILES string of the molecule is O[C@@H]1CO[C@H]2[C@@H]1OC[C@@H]2OCc1ccc(Cl)cc1. The topological polar surface area (TPSA) is 47.9 Å². The first-order valence-electron chi connectivity index (χ1n) is 6.01. The molecule has 1 N–H and O–H groups in total. The summed E-state index contributed by atoms with van der Waals surface area (Å²) in [4.78, 5) is 0. The highest BCUT2D eigenvalue weighted by molar-refractivity contribution is 6.30. The molecule has 1 aromatic carbocycles. The zero-order valence-electron chi connectivity index (χ0n) is 9.79. The summed E-state index contributed by atoms with van der Waals surface area (Å²) in [7, 11) is 0. The van der Waals surface area contributed by atoms with Gasteiger partial charge in [0.2, 0.25) is 0 Å². The Morgan fingerprint density at radius 2 is 1.89 bits per heavy atom. The van der Waals surface area contributed by atoms with Crippen molar-refractivity contribution in [3.63, 3.8) is 0 Å². The van der Waals surface area contributed by atoms with E-state index in [0.717, 1.165) is 5.56 Å². The van der Waals surface area contributed by atoms with Crippen LogP contribution in [0.15, 0.2) is 24.3 Å². The molecule has 0 aromatic heterocycles. The zero-order chi connectivity index (χ0) is 12.5. The summed E-state index contributed by atoms with van der Waals surface area (Å²) in [6, 6.07) is 7.54. The van der Waals surface area contributed by atoms with Crippen molar-refractivity contribution in [2.45, 2.75) is 31.0 Å². The van der Waals surface area contributed by atoms with Crippen LogP contribution >= 0.6 is 11.6 Å². The van der Waals surface area contributed by atoms with Crippen molar-refractivity contribution in [2.75, 3.05) is 13.2 Å². The van der Waals surface area contributed by atoms with Gasteiger partial charge in [0.15, 0.2) is 0 Å². The lowest BCUT2D eigenvalue weighted by atomic mass is 10.1. The first kappa shape index (κ1) is 12.4. The average Bonchev–Trinajstić information content (AvgIpc) is 2.93. The van der Waals surface area contributed by atoms with E-state index in [1.807, 2.05) is 24.3 Å². The van der Waals surface area contributed by atoms with Gasteiger partial charge >= 0.3 is 0 Å². The summed E-state index contributed by atoms with van der Waals surface area (Å²) in [6.45, 7) is 1.30. The van der Waals surface area contributed by atoms with Crippen LogP contribution in [-0.4, -0.2) is 42.7 Å². The summed E-state index contributed by atoms with van der Waals surface area (Å²) in [6.07, 6.45) is -1.02. The maximum Gasteiger partial charge on any atom is 0.115 e. The Hall–Kier alpha value is -0.650. The van der Waals surface area contributed by atoms with E-state index in [1.54, 1.807) is 0 Å². The maximum absolute atomic E-state index is 9.61. The number of hydrogen-bond donors (Lipinski definition) is 1. The minimum atomic E-state index is -0.529. The van der Waals surface area contributed by atoms with Crippen LogP contribution in [0.25, 0.3) is 0 Å². The fourth-order valence-corrected chi connectivity index (χ4v) is 2.50. The largest absolute Gasteiger partial charge is 0.388 e. The van der Waals surface area contributed by atoms with Gasteiger partial charge in [-0.1, -0.05) is 23.7 Å². The van der Waals surface area contributed by atoms with Crippen molar-refractivity contribution >= 4 is 11.6 Å². The molecule has 18 heavy (non-hydrogen) atoms. The highest BCUT2D eigenvalue weighted by Crippen LogP contribution is 2.29. The van der Waals surface area contributed by atoms with Crippen molar-refractivity contribution in [3.8, 4) is 0 Å². The highest BCUT2D eigenvalue weighted by atomic mass is 35.5. The summed E-state index contributed by atoms with van der Waals surface area (Å²) in [5, 5.41) is 10.3. The third-order valence-electron chi connectivity index (χ3n) is 3.36. The zero-order valence-corrected chi connectivity index (χ0v) is 10.5. The predicted octanol–water partition coefficient (Wildman–Crippen LogP) is 1.38. The molecule has 2 fully saturated rings. The van der Waals surface area contributed by atoms with Gasteiger partial charge in [0.05, 0.1) is 19.8 Å².